The summed E-state index contributed by atoms with van der Waals surface area (Å²) in [6.07, 6.45) is 89.1. The number of allylic oxidation sites excluding steroid dienone is 24. The predicted molar refractivity (Wildman–Crippen MR) is 352 cm³/mol. The summed E-state index contributed by atoms with van der Waals surface area (Å²) in [6, 6.07) is 0. The molecular weight excluding hydrogens is 1030 g/mol. The van der Waals surface area contributed by atoms with Gasteiger partial charge in [-0.3, -0.25) is 9.59 Å². The zero-order valence-corrected chi connectivity index (χ0v) is 53.5. The Morgan fingerprint density at radius 3 is 0.964 bits per heavy atom. The molecule has 0 saturated carbocycles. The first kappa shape index (κ1) is 78.2. The fourth-order valence-electron chi connectivity index (χ4n) is 8.60. The molecule has 0 aromatic carbocycles. The highest BCUT2D eigenvalue weighted by Gasteiger charge is 2.22. The molecule has 0 aromatic rings. The average molecular weight is 1150 g/mol. The molecule has 0 aliphatic heterocycles. The van der Waals surface area contributed by atoms with Crippen molar-refractivity contribution in [3.05, 3.63) is 146 Å². The normalized spacial score (nSPS) is 13.7. The van der Waals surface area contributed by atoms with E-state index in [0.29, 0.717) is 17.4 Å². The van der Waals surface area contributed by atoms with Crippen LogP contribution in [-0.2, 0) is 33.3 Å². The van der Waals surface area contributed by atoms with Crippen molar-refractivity contribution in [3.63, 3.8) is 0 Å². The topological polar surface area (TPSA) is 111 Å². The molecule has 2 atom stereocenters. The minimum Gasteiger partial charge on any atom is -0.545 e. The summed E-state index contributed by atoms with van der Waals surface area (Å²) < 4.78 is 22.7. The van der Waals surface area contributed by atoms with E-state index in [2.05, 4.69) is 160 Å². The number of carbonyl (C=O) groups is 3. The summed E-state index contributed by atoms with van der Waals surface area (Å²) in [5.41, 5.74) is 0. The zero-order valence-electron chi connectivity index (χ0n) is 53.5. The molecule has 83 heavy (non-hydrogen) atoms. The van der Waals surface area contributed by atoms with E-state index in [0.717, 1.165) is 128 Å². The highest BCUT2D eigenvalue weighted by Crippen LogP contribution is 2.16. The summed E-state index contributed by atoms with van der Waals surface area (Å²) in [5, 5.41) is 11.8. The maximum Gasteiger partial charge on any atom is 0.306 e. The van der Waals surface area contributed by atoms with E-state index in [1.165, 1.54) is 83.5 Å². The number of hydrogen-bond acceptors (Lipinski definition) is 8. The molecule has 0 amide bonds. The number of hydrogen-bond donors (Lipinski definition) is 0. The molecule has 9 nitrogen and oxygen atoms in total. The van der Waals surface area contributed by atoms with E-state index in [4.69, 9.17) is 18.9 Å². The first-order valence-electron chi connectivity index (χ1n) is 33.0. The largest absolute Gasteiger partial charge is 0.545 e. The summed E-state index contributed by atoms with van der Waals surface area (Å²) in [5.74, 6) is -2.32. The Kier molecular flexibility index (Phi) is 59.5. The first-order chi connectivity index (χ1) is 40.6. The lowest BCUT2D eigenvalue weighted by molar-refractivity contribution is -0.870. The number of nitrogens with zero attached hydrogens (tertiary/aromatic N) is 1. The van der Waals surface area contributed by atoms with Gasteiger partial charge in [0, 0.05) is 12.8 Å². The molecular formula is C74H121NO8. The lowest BCUT2D eigenvalue weighted by atomic mass is 10.0. The number of carboxylic acid groups (broad SMARTS) is 1. The molecule has 2 unspecified atom stereocenters. The van der Waals surface area contributed by atoms with Crippen LogP contribution in [0.4, 0.5) is 0 Å². The molecule has 470 valence electrons. The van der Waals surface area contributed by atoms with Crippen LogP contribution in [-0.4, -0.2) is 82.3 Å². The highest BCUT2D eigenvalue weighted by molar-refractivity contribution is 5.70. The van der Waals surface area contributed by atoms with Crippen molar-refractivity contribution in [1.82, 2.24) is 0 Å². The molecule has 0 aliphatic rings. The van der Waals surface area contributed by atoms with E-state index in [1.807, 2.05) is 21.1 Å². The maximum atomic E-state index is 12.9. The summed E-state index contributed by atoms with van der Waals surface area (Å²) in [4.78, 5) is 37.4. The van der Waals surface area contributed by atoms with Crippen LogP contribution in [0, 0.1) is 0 Å². The lowest BCUT2D eigenvalue weighted by Crippen LogP contribution is -2.44. The van der Waals surface area contributed by atoms with Crippen molar-refractivity contribution in [1.29, 1.82) is 0 Å². The van der Waals surface area contributed by atoms with Crippen LogP contribution in [0.15, 0.2) is 146 Å². The van der Waals surface area contributed by atoms with Crippen molar-refractivity contribution in [2.45, 2.75) is 257 Å². The van der Waals surface area contributed by atoms with E-state index in [-0.39, 0.29) is 38.6 Å². The van der Waals surface area contributed by atoms with Crippen molar-refractivity contribution in [2.24, 2.45) is 0 Å². The van der Waals surface area contributed by atoms with Gasteiger partial charge in [0.15, 0.2) is 12.4 Å². The van der Waals surface area contributed by atoms with Crippen LogP contribution in [0.1, 0.15) is 245 Å². The fraction of sp³-hybridized carbons (Fsp3) is 0.635. The van der Waals surface area contributed by atoms with Gasteiger partial charge in [-0.2, -0.15) is 0 Å². The van der Waals surface area contributed by atoms with Gasteiger partial charge in [-0.1, -0.05) is 262 Å². The number of aliphatic carboxylic acids is 1. The molecule has 0 aromatic heterocycles. The maximum absolute atomic E-state index is 12.9. The summed E-state index contributed by atoms with van der Waals surface area (Å²) in [6.45, 7) is 4.49. The minimum absolute atomic E-state index is 0.136. The Bertz CT molecular complexity index is 1870. The smallest absolute Gasteiger partial charge is 0.306 e. The van der Waals surface area contributed by atoms with Crippen LogP contribution in [0.25, 0.3) is 0 Å². The van der Waals surface area contributed by atoms with Crippen LogP contribution in [0.2, 0.25) is 0 Å². The minimum atomic E-state index is -1.64. The third-order valence-corrected chi connectivity index (χ3v) is 13.6. The second-order valence-electron chi connectivity index (χ2n) is 22.6. The van der Waals surface area contributed by atoms with E-state index < -0.39 is 24.3 Å². The Morgan fingerprint density at radius 1 is 0.361 bits per heavy atom. The van der Waals surface area contributed by atoms with Gasteiger partial charge in [0.1, 0.15) is 13.2 Å². The van der Waals surface area contributed by atoms with Gasteiger partial charge in [-0.15, -0.1) is 0 Å². The molecule has 0 spiro atoms. The van der Waals surface area contributed by atoms with E-state index in [1.54, 1.807) is 0 Å². The van der Waals surface area contributed by atoms with Crippen molar-refractivity contribution >= 4 is 17.9 Å². The third-order valence-electron chi connectivity index (χ3n) is 13.6. The monoisotopic (exact) mass is 1150 g/mol. The molecule has 9 heteroatoms. The Labute approximate surface area is 509 Å². The Morgan fingerprint density at radius 2 is 0.651 bits per heavy atom. The number of rotatable bonds is 59. The number of unbranched alkanes of at least 4 members (excludes halogenated alkanes) is 20. The molecule has 0 rings (SSSR count). The number of carboxylic acids is 1. The quantitative estimate of drug-likeness (QED) is 0.0195. The van der Waals surface area contributed by atoms with Crippen LogP contribution < -0.4 is 5.11 Å². The number of quaternary nitrogens is 1. The second-order valence-corrected chi connectivity index (χ2v) is 22.6. The number of esters is 2. The Balaban J connectivity index is 4.22. The van der Waals surface area contributed by atoms with Crippen molar-refractivity contribution < 1.29 is 42.9 Å². The van der Waals surface area contributed by atoms with Crippen LogP contribution in [0.5, 0.6) is 0 Å². The molecule has 0 fully saturated rings. The van der Waals surface area contributed by atoms with Crippen molar-refractivity contribution in [2.75, 3.05) is 47.5 Å². The lowest BCUT2D eigenvalue weighted by Gasteiger charge is -2.26. The highest BCUT2D eigenvalue weighted by atomic mass is 16.7. The average Bonchev–Trinajstić information content (AvgIpc) is 3.46. The Hall–Kier alpha value is -4.83. The molecule has 0 saturated heterocycles. The summed E-state index contributed by atoms with van der Waals surface area (Å²) >= 11 is 0. The third kappa shape index (κ3) is 64.6. The fourth-order valence-corrected chi connectivity index (χ4v) is 8.60. The molecule has 0 bridgehead atoms. The molecule has 0 radical (unpaired) electrons. The van der Waals surface area contributed by atoms with Gasteiger partial charge in [0.25, 0.3) is 0 Å². The number of ether oxygens (including phenoxy) is 4. The summed E-state index contributed by atoms with van der Waals surface area (Å²) in [7, 11) is 5.91. The molecule has 0 N–H and O–H groups in total. The van der Waals surface area contributed by atoms with Gasteiger partial charge in [0.2, 0.25) is 0 Å². The van der Waals surface area contributed by atoms with Gasteiger partial charge < -0.3 is 33.3 Å². The zero-order chi connectivity index (χ0) is 60.5. The predicted octanol–water partition coefficient (Wildman–Crippen LogP) is 19.0. The van der Waals surface area contributed by atoms with E-state index >= 15 is 0 Å². The van der Waals surface area contributed by atoms with Gasteiger partial charge in [0.05, 0.1) is 40.3 Å². The van der Waals surface area contributed by atoms with E-state index in [9.17, 15) is 19.5 Å². The molecule has 0 aliphatic carbocycles. The first-order valence-corrected chi connectivity index (χ1v) is 33.0. The second kappa shape index (κ2) is 63.2. The van der Waals surface area contributed by atoms with Crippen LogP contribution >= 0.6 is 0 Å². The SMILES string of the molecule is CC/C=C\C/C=C\C/C=C\C/C=C\C/C=C\C/C=C\C/C=C\CCCCCCCC(=O)OC(COC(=O)CCCCCCCCCCCCCCCCC/C=C\C/C=C\C/C=C\C/C=C\C/C=C\CC)COC(OCC[N+](C)(C)C)C(=O)[O-]. The van der Waals surface area contributed by atoms with Gasteiger partial charge >= 0.3 is 11.9 Å². The number of likely N-dealkylation sites (N-methyl/N-ethyl adjacent to an activating group) is 1. The molecule has 0 heterocycles. The standard InChI is InChI=1S/C74H121NO8/c1-6-8-10-12-14-16-18-20-22-24-26-28-30-32-34-35-36-37-39-40-42-44-46-48-50-52-54-56-58-60-62-64-71(76)81-68-70(69-82-74(73(78)79)80-67-66-75(3,4)5)83-72(77)65-63-61-59-57-55-53-51-49-47-45-43-41-38-33-31-29-27-25-23-21-19-17-15-13-11-9-7-2/h8-11,14-17,20-23,26-29,32-34,38,43,45,49,51,70,74H,6-7,12-13,18-19,24-25,30-31,35-37,39-42,44,46-48,50,52-69H2,1-5H3/b10-8-,11-9-,16-14-,17-15-,22-20-,23-21-,28-26-,29-27-,34-32-,38-33-,45-43-,51-49-. The van der Waals surface area contributed by atoms with Crippen molar-refractivity contribution in [3.8, 4) is 0 Å². The number of carbonyl (C=O) groups excluding carboxylic acids is 3. The van der Waals surface area contributed by atoms with Gasteiger partial charge in [-0.05, 0) is 116 Å². The van der Waals surface area contributed by atoms with Gasteiger partial charge in [-0.25, -0.2) is 0 Å². The van der Waals surface area contributed by atoms with Crippen LogP contribution in [0.3, 0.4) is 0 Å².